The Balaban J connectivity index is 1.93. The molecule has 0 radical (unpaired) electrons. The number of hydrogen-bond donors (Lipinski definition) is 1. The predicted molar refractivity (Wildman–Crippen MR) is 73.3 cm³/mol. The van der Waals surface area contributed by atoms with Gasteiger partial charge in [0.2, 0.25) is 0 Å². The molecule has 0 bridgehead atoms. The summed E-state index contributed by atoms with van der Waals surface area (Å²) in [5.74, 6) is -0.451. The summed E-state index contributed by atoms with van der Waals surface area (Å²) < 4.78 is 0. The maximum absolute atomic E-state index is 11.7. The van der Waals surface area contributed by atoms with Gasteiger partial charge in [-0.1, -0.05) is 6.42 Å². The van der Waals surface area contributed by atoms with Crippen LogP contribution in [0.15, 0.2) is 12.1 Å². The summed E-state index contributed by atoms with van der Waals surface area (Å²) in [4.78, 5) is 17.9. The van der Waals surface area contributed by atoms with Gasteiger partial charge in [0.25, 0.3) is 0 Å². The van der Waals surface area contributed by atoms with Crippen LogP contribution in [0, 0.1) is 29.6 Å². The summed E-state index contributed by atoms with van der Waals surface area (Å²) in [7, 11) is 0. The zero-order valence-corrected chi connectivity index (χ0v) is 11.5. The van der Waals surface area contributed by atoms with Crippen molar-refractivity contribution in [1.82, 2.24) is 4.98 Å². The SMILES string of the molecule is Cc1cc(N2C[C@@H]3CCC[C@@]3(C(=O)O)C2)cc(C#N)n1. The van der Waals surface area contributed by atoms with Gasteiger partial charge in [-0.2, -0.15) is 5.26 Å². The Morgan fingerprint density at radius 2 is 2.40 bits per heavy atom. The highest BCUT2D eigenvalue weighted by Crippen LogP contribution is 2.49. The molecule has 3 rings (SSSR count). The number of pyridine rings is 1. The Hall–Kier alpha value is -2.09. The Morgan fingerprint density at radius 3 is 3.05 bits per heavy atom. The molecule has 1 aliphatic carbocycles. The second kappa shape index (κ2) is 4.48. The van der Waals surface area contributed by atoms with Gasteiger partial charge in [0, 0.05) is 24.5 Å². The maximum Gasteiger partial charge on any atom is 0.311 e. The summed E-state index contributed by atoms with van der Waals surface area (Å²) in [6, 6.07) is 5.74. The number of carboxylic acids is 1. The van der Waals surface area contributed by atoms with Crippen molar-refractivity contribution >= 4 is 11.7 Å². The van der Waals surface area contributed by atoms with Gasteiger partial charge < -0.3 is 10.0 Å². The third-order valence-corrected chi connectivity index (χ3v) is 4.71. The van der Waals surface area contributed by atoms with E-state index in [1.165, 1.54) is 0 Å². The number of carbonyl (C=O) groups is 1. The molecular formula is C15H17N3O2. The van der Waals surface area contributed by atoms with Gasteiger partial charge in [-0.3, -0.25) is 4.79 Å². The quantitative estimate of drug-likeness (QED) is 0.889. The molecular weight excluding hydrogens is 254 g/mol. The number of aliphatic carboxylic acids is 1. The summed E-state index contributed by atoms with van der Waals surface area (Å²) in [6.45, 7) is 3.16. The second-order valence-corrected chi connectivity index (χ2v) is 5.89. The van der Waals surface area contributed by atoms with Gasteiger partial charge in [0.05, 0.1) is 5.41 Å². The highest BCUT2D eigenvalue weighted by Gasteiger charge is 2.54. The van der Waals surface area contributed by atoms with Crippen molar-refractivity contribution in [1.29, 1.82) is 5.26 Å². The molecule has 2 fully saturated rings. The number of fused-ring (bicyclic) bond motifs is 1. The van der Waals surface area contributed by atoms with Crippen molar-refractivity contribution in [3.05, 3.63) is 23.5 Å². The van der Waals surface area contributed by atoms with Crippen LogP contribution in [0.5, 0.6) is 0 Å². The molecule has 0 amide bonds. The lowest BCUT2D eigenvalue weighted by Gasteiger charge is -2.24. The standard InChI is InChI=1S/C15H17N3O2/c1-10-5-13(6-12(7-16)17-10)18-8-11-3-2-4-15(11,9-18)14(19)20/h5-6,11H,2-4,8-9H2,1H3,(H,19,20)/t11-,15+/m0/s1. The van der Waals surface area contributed by atoms with E-state index in [9.17, 15) is 9.90 Å². The van der Waals surface area contributed by atoms with E-state index >= 15 is 0 Å². The van der Waals surface area contributed by atoms with Crippen LogP contribution in [0.2, 0.25) is 0 Å². The fraction of sp³-hybridized carbons (Fsp3) is 0.533. The van der Waals surface area contributed by atoms with E-state index in [-0.39, 0.29) is 5.92 Å². The highest BCUT2D eigenvalue weighted by molar-refractivity contribution is 5.78. The topological polar surface area (TPSA) is 77.2 Å². The number of nitrogens with zero attached hydrogens (tertiary/aromatic N) is 3. The second-order valence-electron chi connectivity index (χ2n) is 5.89. The molecule has 1 aliphatic heterocycles. The fourth-order valence-electron chi connectivity index (χ4n) is 3.73. The van der Waals surface area contributed by atoms with Crippen LogP contribution in [-0.2, 0) is 4.79 Å². The molecule has 0 spiro atoms. The minimum atomic E-state index is -0.672. The number of aryl methyl sites for hydroxylation is 1. The largest absolute Gasteiger partial charge is 0.481 e. The first-order chi connectivity index (χ1) is 9.55. The van der Waals surface area contributed by atoms with E-state index in [1.807, 2.05) is 13.0 Å². The highest BCUT2D eigenvalue weighted by atomic mass is 16.4. The summed E-state index contributed by atoms with van der Waals surface area (Å²) in [5.41, 5.74) is 1.51. The Labute approximate surface area is 117 Å². The Bertz CT molecular complexity index is 608. The minimum Gasteiger partial charge on any atom is -0.481 e. The zero-order chi connectivity index (χ0) is 14.3. The average Bonchev–Trinajstić information content (AvgIpc) is 2.95. The summed E-state index contributed by atoms with van der Waals surface area (Å²) in [5, 5.41) is 18.6. The van der Waals surface area contributed by atoms with E-state index in [1.54, 1.807) is 6.07 Å². The molecule has 0 unspecified atom stereocenters. The van der Waals surface area contributed by atoms with Gasteiger partial charge >= 0.3 is 5.97 Å². The lowest BCUT2D eigenvalue weighted by Crippen LogP contribution is -2.35. The molecule has 1 saturated carbocycles. The molecule has 104 valence electrons. The Morgan fingerprint density at radius 1 is 1.60 bits per heavy atom. The summed E-state index contributed by atoms with van der Waals surface area (Å²) in [6.07, 6.45) is 2.75. The van der Waals surface area contributed by atoms with Crippen molar-refractivity contribution in [2.45, 2.75) is 26.2 Å². The van der Waals surface area contributed by atoms with Crippen molar-refractivity contribution in [3.8, 4) is 6.07 Å². The van der Waals surface area contributed by atoms with E-state index in [4.69, 9.17) is 5.26 Å². The number of hydrogen-bond acceptors (Lipinski definition) is 4. The number of carboxylic acid groups (broad SMARTS) is 1. The molecule has 1 N–H and O–H groups in total. The van der Waals surface area contributed by atoms with E-state index in [2.05, 4.69) is 16.0 Å². The van der Waals surface area contributed by atoms with Gasteiger partial charge in [-0.15, -0.1) is 0 Å². The monoisotopic (exact) mass is 271 g/mol. The van der Waals surface area contributed by atoms with Gasteiger partial charge in [0.15, 0.2) is 0 Å². The van der Waals surface area contributed by atoms with Crippen molar-refractivity contribution in [2.24, 2.45) is 11.3 Å². The van der Waals surface area contributed by atoms with Gasteiger partial charge in [0.1, 0.15) is 11.8 Å². The van der Waals surface area contributed by atoms with Crippen LogP contribution in [-0.4, -0.2) is 29.1 Å². The fourth-order valence-corrected chi connectivity index (χ4v) is 3.73. The van der Waals surface area contributed by atoms with E-state index in [0.29, 0.717) is 12.2 Å². The van der Waals surface area contributed by atoms with Gasteiger partial charge in [-0.25, -0.2) is 4.98 Å². The van der Waals surface area contributed by atoms with Crippen LogP contribution in [0.25, 0.3) is 0 Å². The molecule has 20 heavy (non-hydrogen) atoms. The van der Waals surface area contributed by atoms with Crippen LogP contribution < -0.4 is 4.90 Å². The average molecular weight is 271 g/mol. The van der Waals surface area contributed by atoms with Crippen LogP contribution >= 0.6 is 0 Å². The third-order valence-electron chi connectivity index (χ3n) is 4.71. The maximum atomic E-state index is 11.7. The lowest BCUT2D eigenvalue weighted by atomic mass is 9.81. The first kappa shape index (κ1) is 12.9. The molecule has 1 saturated heterocycles. The van der Waals surface area contributed by atoms with Gasteiger partial charge in [-0.05, 0) is 37.8 Å². The normalized spacial score (nSPS) is 28.2. The van der Waals surface area contributed by atoms with Crippen LogP contribution in [0.3, 0.4) is 0 Å². The number of anilines is 1. The molecule has 2 aliphatic rings. The third kappa shape index (κ3) is 1.83. The zero-order valence-electron chi connectivity index (χ0n) is 11.5. The first-order valence-corrected chi connectivity index (χ1v) is 6.92. The smallest absolute Gasteiger partial charge is 0.311 e. The minimum absolute atomic E-state index is 0.221. The molecule has 5 heteroatoms. The first-order valence-electron chi connectivity index (χ1n) is 6.92. The molecule has 2 atom stereocenters. The number of nitriles is 1. The molecule has 1 aromatic heterocycles. The molecule has 0 aromatic carbocycles. The van der Waals surface area contributed by atoms with Crippen molar-refractivity contribution in [3.63, 3.8) is 0 Å². The molecule has 1 aromatic rings. The van der Waals surface area contributed by atoms with Crippen LogP contribution in [0.4, 0.5) is 5.69 Å². The number of rotatable bonds is 2. The van der Waals surface area contributed by atoms with E-state index < -0.39 is 11.4 Å². The molecule has 2 heterocycles. The Kier molecular flexibility index (Phi) is 2.89. The van der Waals surface area contributed by atoms with E-state index in [0.717, 1.165) is 37.2 Å². The van der Waals surface area contributed by atoms with Crippen molar-refractivity contribution < 1.29 is 9.90 Å². The predicted octanol–water partition coefficient (Wildman–Crippen LogP) is 1.95. The van der Waals surface area contributed by atoms with Crippen LogP contribution in [0.1, 0.15) is 30.7 Å². The van der Waals surface area contributed by atoms with Crippen molar-refractivity contribution in [2.75, 3.05) is 18.0 Å². The molecule has 5 nitrogen and oxygen atoms in total. The summed E-state index contributed by atoms with van der Waals surface area (Å²) >= 11 is 0. The lowest BCUT2D eigenvalue weighted by molar-refractivity contribution is -0.149. The number of aromatic nitrogens is 1.